The molecular formula is C22H20N2O5. The molecule has 0 radical (unpaired) electrons. The molecule has 1 fully saturated rings. The predicted molar refractivity (Wildman–Crippen MR) is 106 cm³/mol. The van der Waals surface area contributed by atoms with Crippen molar-refractivity contribution < 1.29 is 23.5 Å². The number of nitrogens with zero attached hydrogens (tertiary/aromatic N) is 1. The molecule has 0 amide bonds. The molecule has 1 saturated heterocycles. The number of hydrogen-bond acceptors (Lipinski definition) is 7. The van der Waals surface area contributed by atoms with Gasteiger partial charge in [-0.2, -0.15) is 0 Å². The molecule has 1 aromatic heterocycles. The first-order chi connectivity index (χ1) is 13.9. The summed E-state index contributed by atoms with van der Waals surface area (Å²) in [5.41, 5.74) is 3.03. The predicted octanol–water partition coefficient (Wildman–Crippen LogP) is 3.74. The highest BCUT2D eigenvalue weighted by molar-refractivity contribution is 6.15. The smallest absolute Gasteiger partial charge is 0.350 e. The van der Waals surface area contributed by atoms with Crippen LogP contribution in [0.2, 0.25) is 0 Å². The summed E-state index contributed by atoms with van der Waals surface area (Å²) in [6.07, 6.45) is 2.81. The van der Waals surface area contributed by atoms with Gasteiger partial charge in [-0.25, -0.2) is 14.6 Å². The van der Waals surface area contributed by atoms with E-state index in [1.807, 2.05) is 18.2 Å². The summed E-state index contributed by atoms with van der Waals surface area (Å²) in [5.74, 6) is -2.07. The Kier molecular flexibility index (Phi) is 4.80. The highest BCUT2D eigenvalue weighted by Gasteiger charge is 2.38. The average Bonchev–Trinajstić information content (AvgIpc) is 3.08. The van der Waals surface area contributed by atoms with Gasteiger partial charge in [0.25, 0.3) is 5.79 Å². The van der Waals surface area contributed by atoms with Crippen molar-refractivity contribution in [1.29, 1.82) is 0 Å². The summed E-state index contributed by atoms with van der Waals surface area (Å²) < 4.78 is 15.9. The summed E-state index contributed by atoms with van der Waals surface area (Å²) in [6, 6.07) is 15.5. The van der Waals surface area contributed by atoms with Crippen LogP contribution in [-0.2, 0) is 31.9 Å². The van der Waals surface area contributed by atoms with Crippen molar-refractivity contribution in [3.63, 3.8) is 0 Å². The summed E-state index contributed by atoms with van der Waals surface area (Å²) in [5, 5.41) is 2.92. The highest BCUT2D eigenvalue weighted by Crippen LogP contribution is 2.24. The maximum atomic E-state index is 12.0. The molecule has 1 aliphatic rings. The van der Waals surface area contributed by atoms with E-state index in [2.05, 4.69) is 22.4 Å². The van der Waals surface area contributed by atoms with E-state index in [0.717, 1.165) is 6.42 Å². The van der Waals surface area contributed by atoms with Gasteiger partial charge in [-0.05, 0) is 30.2 Å². The molecule has 7 nitrogen and oxygen atoms in total. The van der Waals surface area contributed by atoms with Crippen molar-refractivity contribution in [2.24, 2.45) is 0 Å². The number of aromatic nitrogens is 1. The van der Waals surface area contributed by atoms with Crippen LogP contribution in [0.4, 0.5) is 5.69 Å². The zero-order valence-corrected chi connectivity index (χ0v) is 16.1. The van der Waals surface area contributed by atoms with Gasteiger partial charge in [-0.1, -0.05) is 30.3 Å². The second-order valence-electron chi connectivity index (χ2n) is 7.16. The van der Waals surface area contributed by atoms with E-state index in [0.29, 0.717) is 29.1 Å². The molecule has 1 aliphatic heterocycles. The lowest BCUT2D eigenvalue weighted by Gasteiger charge is -2.29. The Balaban J connectivity index is 1.46. The van der Waals surface area contributed by atoms with Crippen molar-refractivity contribution in [2.75, 3.05) is 5.32 Å². The number of cyclic esters (lactones) is 2. The normalized spacial score (nSPS) is 15.7. The number of fused-ring (bicyclic) bond motifs is 1. The molecule has 1 N–H and O–H groups in total. The first-order valence-electron chi connectivity index (χ1n) is 9.26. The molecule has 148 valence electrons. The summed E-state index contributed by atoms with van der Waals surface area (Å²) in [4.78, 5) is 28.5. The number of ether oxygens (including phenoxy) is 2. The highest BCUT2D eigenvalue weighted by atomic mass is 16.7. The van der Waals surface area contributed by atoms with Crippen LogP contribution in [0.3, 0.4) is 0 Å². The molecule has 0 spiro atoms. The number of carbonyl (C=O) groups excluding carboxylic acids is 2. The van der Waals surface area contributed by atoms with Crippen LogP contribution in [0, 0.1) is 0 Å². The minimum Gasteiger partial charge on any atom is -0.441 e. The maximum Gasteiger partial charge on any atom is 0.350 e. The molecule has 29 heavy (non-hydrogen) atoms. The lowest BCUT2D eigenvalue weighted by atomic mass is 10.1. The van der Waals surface area contributed by atoms with E-state index in [4.69, 9.17) is 13.9 Å². The molecule has 2 heterocycles. The molecule has 2 aromatic carbocycles. The number of oxazole rings is 1. The van der Waals surface area contributed by atoms with Crippen molar-refractivity contribution >= 4 is 28.7 Å². The van der Waals surface area contributed by atoms with Gasteiger partial charge in [0.1, 0.15) is 5.52 Å². The molecule has 4 rings (SSSR count). The van der Waals surface area contributed by atoms with Crippen molar-refractivity contribution in [1.82, 2.24) is 4.98 Å². The topological polar surface area (TPSA) is 90.7 Å². The molecule has 0 atom stereocenters. The Morgan fingerprint density at radius 1 is 1.00 bits per heavy atom. The van der Waals surface area contributed by atoms with E-state index in [-0.39, 0.29) is 5.57 Å². The fourth-order valence-electron chi connectivity index (χ4n) is 3.00. The van der Waals surface area contributed by atoms with Crippen molar-refractivity contribution in [2.45, 2.75) is 32.5 Å². The molecular weight excluding hydrogens is 372 g/mol. The van der Waals surface area contributed by atoms with Crippen molar-refractivity contribution in [3.05, 3.63) is 71.8 Å². The number of aryl methyl sites for hydroxylation is 2. The third kappa shape index (κ3) is 4.29. The minimum absolute atomic E-state index is 0.201. The fourth-order valence-corrected chi connectivity index (χ4v) is 3.00. The molecule has 7 heteroatoms. The summed E-state index contributed by atoms with van der Waals surface area (Å²) >= 11 is 0. The average molecular weight is 392 g/mol. The third-order valence-corrected chi connectivity index (χ3v) is 4.40. The Bertz CT molecular complexity index is 1080. The van der Waals surface area contributed by atoms with Gasteiger partial charge in [-0.3, -0.25) is 0 Å². The second-order valence-corrected chi connectivity index (χ2v) is 7.16. The Hall–Kier alpha value is -3.61. The Morgan fingerprint density at radius 3 is 2.45 bits per heavy atom. The van der Waals surface area contributed by atoms with Crippen LogP contribution in [0.15, 0.2) is 64.7 Å². The van der Waals surface area contributed by atoms with E-state index < -0.39 is 17.7 Å². The Labute approximate surface area is 167 Å². The number of anilines is 1. The minimum atomic E-state index is -1.26. The quantitative estimate of drug-likeness (QED) is 0.402. The van der Waals surface area contributed by atoms with Gasteiger partial charge in [0.2, 0.25) is 0 Å². The summed E-state index contributed by atoms with van der Waals surface area (Å²) in [7, 11) is 0. The zero-order chi connectivity index (χ0) is 20.4. The van der Waals surface area contributed by atoms with E-state index >= 15 is 0 Å². The molecule has 0 bridgehead atoms. The van der Waals surface area contributed by atoms with Gasteiger partial charge in [0.05, 0.1) is 0 Å². The van der Waals surface area contributed by atoms with Crippen LogP contribution in [0.25, 0.3) is 11.1 Å². The number of nitrogens with one attached hydrogen (secondary N) is 1. The first-order valence-corrected chi connectivity index (χ1v) is 9.26. The molecule has 3 aromatic rings. The maximum absolute atomic E-state index is 12.0. The van der Waals surface area contributed by atoms with Gasteiger partial charge in [0, 0.05) is 32.2 Å². The number of hydrogen-bond donors (Lipinski definition) is 1. The van der Waals surface area contributed by atoms with Gasteiger partial charge in [0.15, 0.2) is 17.0 Å². The number of esters is 2. The summed E-state index contributed by atoms with van der Waals surface area (Å²) in [6.45, 7) is 3.00. The van der Waals surface area contributed by atoms with Crippen LogP contribution < -0.4 is 5.32 Å². The van der Waals surface area contributed by atoms with Gasteiger partial charge >= 0.3 is 11.9 Å². The Morgan fingerprint density at radius 2 is 1.72 bits per heavy atom. The first kappa shape index (κ1) is 18.7. The van der Waals surface area contributed by atoms with E-state index in [1.54, 1.807) is 18.2 Å². The number of rotatable bonds is 5. The third-order valence-electron chi connectivity index (χ3n) is 4.40. The number of benzene rings is 2. The van der Waals surface area contributed by atoms with Crippen molar-refractivity contribution in [3.8, 4) is 0 Å². The van der Waals surface area contributed by atoms with Crippen LogP contribution >= 0.6 is 0 Å². The SMILES string of the molecule is CC1(C)OC(=O)C(=CNc2ccc3oc(CCc4ccccc4)nc3c2)C(=O)O1. The van der Waals surface area contributed by atoms with Crippen LogP contribution in [0.5, 0.6) is 0 Å². The number of carbonyl (C=O) groups is 2. The van der Waals surface area contributed by atoms with Gasteiger partial charge in [-0.15, -0.1) is 0 Å². The fraction of sp³-hybridized carbons (Fsp3) is 0.227. The monoisotopic (exact) mass is 392 g/mol. The standard InChI is InChI=1S/C22H20N2O5/c1-22(2)28-20(25)16(21(26)29-22)13-23-15-9-10-18-17(12-15)24-19(27-18)11-8-14-6-4-3-5-7-14/h3-7,9-10,12-13,23H,8,11H2,1-2H3. The second kappa shape index (κ2) is 7.43. The van der Waals surface area contributed by atoms with Crippen LogP contribution in [-0.4, -0.2) is 22.7 Å². The largest absolute Gasteiger partial charge is 0.441 e. The lowest BCUT2D eigenvalue weighted by Crippen LogP contribution is -2.42. The lowest BCUT2D eigenvalue weighted by molar-refractivity contribution is -0.222. The van der Waals surface area contributed by atoms with Gasteiger partial charge < -0.3 is 19.2 Å². The molecule has 0 unspecified atom stereocenters. The molecule has 0 aliphatic carbocycles. The van der Waals surface area contributed by atoms with E-state index in [1.165, 1.54) is 25.6 Å². The van der Waals surface area contributed by atoms with Crippen LogP contribution in [0.1, 0.15) is 25.3 Å². The zero-order valence-electron chi connectivity index (χ0n) is 16.1. The molecule has 0 saturated carbocycles. The van der Waals surface area contributed by atoms with E-state index in [9.17, 15) is 9.59 Å².